The largest absolute Gasteiger partial charge is 0.315 e. The Morgan fingerprint density at radius 3 is 2.72 bits per heavy atom. The van der Waals surface area contributed by atoms with Gasteiger partial charge in [0.2, 0.25) is 0 Å². The zero-order chi connectivity index (χ0) is 13.5. The minimum Gasteiger partial charge on any atom is -0.315 e. The number of benzene rings is 1. The topological polar surface area (TPSA) is 29.1 Å². The summed E-state index contributed by atoms with van der Waals surface area (Å²) in [4.78, 5) is 11.8. The van der Waals surface area contributed by atoms with Gasteiger partial charge in [-0.05, 0) is 37.1 Å². The molecule has 100 valence electrons. The van der Waals surface area contributed by atoms with E-state index in [1.165, 1.54) is 0 Å². The fourth-order valence-electron chi connectivity index (χ4n) is 1.77. The van der Waals surface area contributed by atoms with E-state index in [0.717, 1.165) is 24.1 Å². The SMILES string of the molecule is Cc1ccc(CC(=O)CCCNC(C)C)c(Cl)c1. The Kier molecular flexibility index (Phi) is 6.37. The van der Waals surface area contributed by atoms with Gasteiger partial charge < -0.3 is 5.32 Å². The summed E-state index contributed by atoms with van der Waals surface area (Å²) in [5.74, 6) is 0.256. The predicted octanol–water partition coefficient (Wildman–Crippen LogP) is 3.54. The van der Waals surface area contributed by atoms with Crippen molar-refractivity contribution < 1.29 is 4.79 Å². The normalized spacial score (nSPS) is 10.9. The fraction of sp³-hybridized carbons (Fsp3) is 0.533. The van der Waals surface area contributed by atoms with E-state index in [4.69, 9.17) is 11.6 Å². The maximum absolute atomic E-state index is 11.8. The first-order valence-corrected chi connectivity index (χ1v) is 6.87. The molecule has 2 nitrogen and oxygen atoms in total. The number of aryl methyl sites for hydroxylation is 1. The quantitative estimate of drug-likeness (QED) is 0.766. The number of carbonyl (C=O) groups excluding carboxylic acids is 1. The zero-order valence-corrected chi connectivity index (χ0v) is 12.2. The fourth-order valence-corrected chi connectivity index (χ4v) is 2.07. The Balaban J connectivity index is 2.35. The second-order valence-corrected chi connectivity index (χ2v) is 5.43. The number of rotatable bonds is 7. The molecule has 0 bridgehead atoms. The third-order valence-corrected chi connectivity index (χ3v) is 3.13. The lowest BCUT2D eigenvalue weighted by Gasteiger charge is -2.08. The molecule has 0 radical (unpaired) electrons. The number of hydrogen-bond donors (Lipinski definition) is 1. The van der Waals surface area contributed by atoms with Gasteiger partial charge in [0.1, 0.15) is 5.78 Å². The zero-order valence-electron chi connectivity index (χ0n) is 11.4. The molecule has 0 spiro atoms. The van der Waals surface area contributed by atoms with Crippen molar-refractivity contribution >= 4 is 17.4 Å². The Morgan fingerprint density at radius 2 is 2.11 bits per heavy atom. The average molecular weight is 268 g/mol. The van der Waals surface area contributed by atoms with Crippen molar-refractivity contribution in [1.29, 1.82) is 0 Å². The van der Waals surface area contributed by atoms with E-state index in [9.17, 15) is 4.79 Å². The van der Waals surface area contributed by atoms with Crippen LogP contribution in [0.25, 0.3) is 0 Å². The maximum atomic E-state index is 11.8. The van der Waals surface area contributed by atoms with Gasteiger partial charge in [0, 0.05) is 23.9 Å². The number of ketones is 1. The molecule has 0 aliphatic carbocycles. The number of carbonyl (C=O) groups is 1. The Bertz CT molecular complexity index is 401. The van der Waals surface area contributed by atoms with Crippen LogP contribution in [0.15, 0.2) is 18.2 Å². The summed E-state index contributed by atoms with van der Waals surface area (Å²) in [6.45, 7) is 7.10. The Morgan fingerprint density at radius 1 is 1.39 bits per heavy atom. The van der Waals surface area contributed by atoms with Crippen molar-refractivity contribution in [3.8, 4) is 0 Å². The van der Waals surface area contributed by atoms with E-state index in [1.807, 2.05) is 25.1 Å². The van der Waals surface area contributed by atoms with Crippen molar-refractivity contribution in [3.63, 3.8) is 0 Å². The first-order chi connectivity index (χ1) is 8.49. The van der Waals surface area contributed by atoms with Crippen LogP contribution in [0.4, 0.5) is 0 Å². The highest BCUT2D eigenvalue weighted by Gasteiger charge is 2.07. The minimum atomic E-state index is 0.256. The predicted molar refractivity (Wildman–Crippen MR) is 77.3 cm³/mol. The standard InChI is InChI=1S/C15H22ClNO/c1-11(2)17-8-4-5-14(18)10-13-7-6-12(3)9-15(13)16/h6-7,9,11,17H,4-5,8,10H2,1-3H3. The van der Waals surface area contributed by atoms with Gasteiger partial charge in [-0.3, -0.25) is 4.79 Å². The van der Waals surface area contributed by atoms with Gasteiger partial charge in [-0.15, -0.1) is 0 Å². The van der Waals surface area contributed by atoms with E-state index in [2.05, 4.69) is 19.2 Å². The van der Waals surface area contributed by atoms with Crippen LogP contribution in [-0.4, -0.2) is 18.4 Å². The van der Waals surface area contributed by atoms with E-state index < -0.39 is 0 Å². The molecule has 0 saturated heterocycles. The van der Waals surface area contributed by atoms with Crippen molar-refractivity contribution in [2.75, 3.05) is 6.54 Å². The van der Waals surface area contributed by atoms with Crippen molar-refractivity contribution in [3.05, 3.63) is 34.3 Å². The minimum absolute atomic E-state index is 0.256. The van der Waals surface area contributed by atoms with Crippen molar-refractivity contribution in [2.24, 2.45) is 0 Å². The molecule has 3 heteroatoms. The van der Waals surface area contributed by atoms with Gasteiger partial charge in [0.25, 0.3) is 0 Å². The highest BCUT2D eigenvalue weighted by Crippen LogP contribution is 2.18. The van der Waals surface area contributed by atoms with Crippen LogP contribution in [-0.2, 0) is 11.2 Å². The van der Waals surface area contributed by atoms with Crippen LogP contribution >= 0.6 is 11.6 Å². The van der Waals surface area contributed by atoms with Gasteiger partial charge >= 0.3 is 0 Å². The molecule has 18 heavy (non-hydrogen) atoms. The molecular weight excluding hydrogens is 246 g/mol. The highest BCUT2D eigenvalue weighted by atomic mass is 35.5. The summed E-state index contributed by atoms with van der Waals surface area (Å²) >= 11 is 6.11. The molecule has 0 atom stereocenters. The molecule has 1 aromatic carbocycles. The number of Topliss-reactive ketones (excluding diaryl/α,β-unsaturated/α-hetero) is 1. The molecule has 1 N–H and O–H groups in total. The lowest BCUT2D eigenvalue weighted by molar-refractivity contribution is -0.118. The molecular formula is C15H22ClNO. The lowest BCUT2D eigenvalue weighted by atomic mass is 10.0. The average Bonchev–Trinajstić information content (AvgIpc) is 2.28. The third-order valence-electron chi connectivity index (χ3n) is 2.78. The van der Waals surface area contributed by atoms with Crippen molar-refractivity contribution in [2.45, 2.75) is 46.1 Å². The number of nitrogens with one attached hydrogen (secondary N) is 1. The second-order valence-electron chi connectivity index (χ2n) is 5.02. The number of halogens is 1. The van der Waals surface area contributed by atoms with E-state index in [1.54, 1.807) is 0 Å². The van der Waals surface area contributed by atoms with Crippen LogP contribution in [0.2, 0.25) is 5.02 Å². The van der Waals surface area contributed by atoms with Gasteiger partial charge in [0.15, 0.2) is 0 Å². The smallest absolute Gasteiger partial charge is 0.137 e. The van der Waals surface area contributed by atoms with Crippen LogP contribution in [0.3, 0.4) is 0 Å². The summed E-state index contributed by atoms with van der Waals surface area (Å²) in [6.07, 6.45) is 1.95. The summed E-state index contributed by atoms with van der Waals surface area (Å²) < 4.78 is 0. The highest BCUT2D eigenvalue weighted by molar-refractivity contribution is 6.31. The molecule has 0 heterocycles. The monoisotopic (exact) mass is 267 g/mol. The second kappa shape index (κ2) is 7.55. The van der Waals surface area contributed by atoms with Crippen LogP contribution in [0.1, 0.15) is 37.8 Å². The van der Waals surface area contributed by atoms with Crippen LogP contribution in [0, 0.1) is 6.92 Å². The summed E-state index contributed by atoms with van der Waals surface area (Å²) in [6, 6.07) is 6.33. The first-order valence-electron chi connectivity index (χ1n) is 6.49. The molecule has 1 aromatic rings. The Hall–Kier alpha value is -0.860. The Labute approximate surface area is 115 Å². The van der Waals surface area contributed by atoms with Crippen LogP contribution < -0.4 is 5.32 Å². The van der Waals surface area contributed by atoms with E-state index in [0.29, 0.717) is 23.9 Å². The summed E-state index contributed by atoms with van der Waals surface area (Å²) in [7, 11) is 0. The van der Waals surface area contributed by atoms with Gasteiger partial charge in [-0.2, -0.15) is 0 Å². The van der Waals surface area contributed by atoms with Gasteiger partial charge in [0.05, 0.1) is 0 Å². The van der Waals surface area contributed by atoms with E-state index >= 15 is 0 Å². The number of hydrogen-bond acceptors (Lipinski definition) is 2. The van der Waals surface area contributed by atoms with E-state index in [-0.39, 0.29) is 5.78 Å². The lowest BCUT2D eigenvalue weighted by Crippen LogP contribution is -2.24. The third kappa shape index (κ3) is 5.65. The van der Waals surface area contributed by atoms with Crippen LogP contribution in [0.5, 0.6) is 0 Å². The molecule has 0 amide bonds. The van der Waals surface area contributed by atoms with Crippen molar-refractivity contribution in [1.82, 2.24) is 5.32 Å². The summed E-state index contributed by atoms with van der Waals surface area (Å²) in [5.41, 5.74) is 2.06. The molecule has 0 saturated carbocycles. The maximum Gasteiger partial charge on any atom is 0.137 e. The molecule has 0 unspecified atom stereocenters. The molecule has 1 rings (SSSR count). The summed E-state index contributed by atoms with van der Waals surface area (Å²) in [5, 5.41) is 4.00. The molecule has 0 aliphatic rings. The molecule has 0 aromatic heterocycles. The molecule has 0 aliphatic heterocycles. The molecule has 0 fully saturated rings. The first kappa shape index (κ1) is 15.2. The van der Waals surface area contributed by atoms with Gasteiger partial charge in [-0.25, -0.2) is 0 Å². The van der Waals surface area contributed by atoms with Gasteiger partial charge in [-0.1, -0.05) is 37.6 Å².